The Hall–Kier alpha value is -2.05. The zero-order valence-electron chi connectivity index (χ0n) is 14.1. The summed E-state index contributed by atoms with van der Waals surface area (Å²) in [6.07, 6.45) is 5.26. The number of aliphatic hydroxyl groups is 1. The summed E-state index contributed by atoms with van der Waals surface area (Å²) < 4.78 is 0. The lowest BCUT2D eigenvalue weighted by atomic mass is 10.2. The van der Waals surface area contributed by atoms with Crippen LogP contribution in [0.3, 0.4) is 0 Å². The number of rotatable bonds is 4. The van der Waals surface area contributed by atoms with Crippen molar-refractivity contribution >= 4 is 27.4 Å². The zero-order chi connectivity index (χ0) is 16.9. The lowest BCUT2D eigenvalue weighted by Gasteiger charge is -2.23. The van der Waals surface area contributed by atoms with E-state index in [4.69, 9.17) is 9.97 Å². The van der Waals surface area contributed by atoms with E-state index in [1.165, 1.54) is 10.4 Å². The van der Waals surface area contributed by atoms with Gasteiger partial charge in [0.2, 0.25) is 0 Å². The molecule has 1 fully saturated rings. The van der Waals surface area contributed by atoms with Crippen molar-refractivity contribution in [2.24, 2.45) is 0 Å². The molecule has 5 nitrogen and oxygen atoms in total. The highest BCUT2D eigenvalue weighted by molar-refractivity contribution is 7.18. The third kappa shape index (κ3) is 2.65. The van der Waals surface area contributed by atoms with Crippen molar-refractivity contribution in [3.8, 4) is 11.4 Å². The fourth-order valence-electron chi connectivity index (χ4n) is 2.95. The molecule has 4 rings (SSSR count). The number of nitrogens with zero attached hydrogens (tertiary/aromatic N) is 4. The van der Waals surface area contributed by atoms with Gasteiger partial charge in [-0.25, -0.2) is 9.97 Å². The van der Waals surface area contributed by atoms with Crippen LogP contribution in [0.1, 0.15) is 23.3 Å². The van der Waals surface area contributed by atoms with Crippen LogP contribution in [-0.2, 0) is 0 Å². The average Bonchev–Trinajstić information content (AvgIpc) is 3.23. The molecule has 0 amide bonds. The van der Waals surface area contributed by atoms with E-state index in [0.717, 1.165) is 34.4 Å². The van der Waals surface area contributed by atoms with Gasteiger partial charge in [0.25, 0.3) is 0 Å². The number of aromatic nitrogens is 3. The Morgan fingerprint density at radius 3 is 2.75 bits per heavy atom. The number of thiophene rings is 1. The van der Waals surface area contributed by atoms with Crippen LogP contribution in [-0.4, -0.2) is 39.3 Å². The van der Waals surface area contributed by atoms with E-state index in [2.05, 4.69) is 23.7 Å². The molecule has 1 aliphatic rings. The molecule has 1 aliphatic carbocycles. The van der Waals surface area contributed by atoms with Crippen molar-refractivity contribution in [2.75, 3.05) is 18.5 Å². The van der Waals surface area contributed by atoms with E-state index in [0.29, 0.717) is 12.4 Å². The molecule has 3 aromatic heterocycles. The van der Waals surface area contributed by atoms with Crippen molar-refractivity contribution in [3.63, 3.8) is 0 Å². The number of fused-ring (bicyclic) bond motifs is 1. The van der Waals surface area contributed by atoms with Crippen LogP contribution in [0.4, 0.5) is 5.82 Å². The fourth-order valence-corrected chi connectivity index (χ4v) is 3.97. The zero-order valence-corrected chi connectivity index (χ0v) is 14.9. The highest BCUT2D eigenvalue weighted by Gasteiger charge is 2.41. The molecule has 1 N–H and O–H groups in total. The van der Waals surface area contributed by atoms with Crippen LogP contribution in [0.25, 0.3) is 21.6 Å². The second-order valence-corrected chi connectivity index (χ2v) is 7.86. The van der Waals surface area contributed by atoms with Crippen LogP contribution in [0.5, 0.6) is 0 Å². The molecule has 0 aliphatic heterocycles. The summed E-state index contributed by atoms with van der Waals surface area (Å²) in [4.78, 5) is 18.1. The molecule has 3 heterocycles. The average molecular weight is 340 g/mol. The number of anilines is 1. The van der Waals surface area contributed by atoms with E-state index >= 15 is 0 Å². The molecule has 24 heavy (non-hydrogen) atoms. The Balaban J connectivity index is 1.88. The molecule has 6 heteroatoms. The van der Waals surface area contributed by atoms with Gasteiger partial charge >= 0.3 is 0 Å². The highest BCUT2D eigenvalue weighted by Crippen LogP contribution is 2.40. The predicted octanol–water partition coefficient (Wildman–Crippen LogP) is 3.33. The summed E-state index contributed by atoms with van der Waals surface area (Å²) in [6, 6.07) is 3.86. The third-order valence-corrected chi connectivity index (χ3v) is 5.75. The molecule has 0 spiro atoms. The number of likely N-dealkylation sites (N-methyl/N-ethyl adjacent to an activating group) is 1. The maximum absolute atomic E-state index is 10.3. The first-order valence-corrected chi connectivity index (χ1v) is 8.90. The van der Waals surface area contributed by atoms with E-state index < -0.39 is 5.60 Å². The van der Waals surface area contributed by atoms with Crippen LogP contribution in [0.15, 0.2) is 24.5 Å². The summed E-state index contributed by atoms with van der Waals surface area (Å²) in [5.74, 6) is 1.57. The van der Waals surface area contributed by atoms with Gasteiger partial charge in [0.05, 0.1) is 11.0 Å². The Labute approximate surface area is 145 Å². The van der Waals surface area contributed by atoms with Gasteiger partial charge in [-0.3, -0.25) is 4.98 Å². The smallest absolute Gasteiger partial charge is 0.164 e. The van der Waals surface area contributed by atoms with Gasteiger partial charge in [-0.1, -0.05) is 0 Å². The van der Waals surface area contributed by atoms with E-state index in [9.17, 15) is 5.11 Å². The Morgan fingerprint density at radius 2 is 2.08 bits per heavy atom. The van der Waals surface area contributed by atoms with Crippen molar-refractivity contribution in [2.45, 2.75) is 32.3 Å². The van der Waals surface area contributed by atoms with Gasteiger partial charge in [0.15, 0.2) is 5.82 Å². The summed E-state index contributed by atoms with van der Waals surface area (Å²) in [7, 11) is 2.00. The molecular formula is C18H20N4OS. The van der Waals surface area contributed by atoms with Gasteiger partial charge in [-0.2, -0.15) is 0 Å². The van der Waals surface area contributed by atoms with Crippen LogP contribution >= 0.6 is 11.3 Å². The van der Waals surface area contributed by atoms with Gasteiger partial charge in [0, 0.05) is 36.4 Å². The van der Waals surface area contributed by atoms with E-state index in [-0.39, 0.29) is 0 Å². The van der Waals surface area contributed by atoms with Gasteiger partial charge in [-0.15, -0.1) is 11.3 Å². The summed E-state index contributed by atoms with van der Waals surface area (Å²) >= 11 is 1.69. The van der Waals surface area contributed by atoms with Crippen LogP contribution in [0.2, 0.25) is 0 Å². The van der Waals surface area contributed by atoms with Gasteiger partial charge in [0.1, 0.15) is 10.6 Å². The lowest BCUT2D eigenvalue weighted by molar-refractivity contribution is 0.158. The minimum Gasteiger partial charge on any atom is -0.388 e. The lowest BCUT2D eigenvalue weighted by Crippen LogP contribution is -2.31. The monoisotopic (exact) mass is 340 g/mol. The summed E-state index contributed by atoms with van der Waals surface area (Å²) in [5.41, 5.74) is 1.57. The molecule has 0 bridgehead atoms. The maximum atomic E-state index is 10.3. The maximum Gasteiger partial charge on any atom is 0.164 e. The molecule has 3 aromatic rings. The minimum atomic E-state index is -0.556. The molecule has 0 radical (unpaired) electrons. The second kappa shape index (κ2) is 5.50. The molecule has 0 saturated heterocycles. The second-order valence-electron chi connectivity index (χ2n) is 6.66. The highest BCUT2D eigenvalue weighted by atomic mass is 32.1. The molecule has 1 saturated carbocycles. The van der Waals surface area contributed by atoms with Crippen LogP contribution < -0.4 is 4.90 Å². The fraction of sp³-hybridized carbons (Fsp3) is 0.389. The number of hydrogen-bond acceptors (Lipinski definition) is 6. The van der Waals surface area contributed by atoms with Crippen molar-refractivity contribution in [1.29, 1.82) is 0 Å². The van der Waals surface area contributed by atoms with Crippen molar-refractivity contribution < 1.29 is 5.11 Å². The topological polar surface area (TPSA) is 62.1 Å². The van der Waals surface area contributed by atoms with E-state index in [1.54, 1.807) is 23.7 Å². The van der Waals surface area contributed by atoms with Crippen LogP contribution in [0, 0.1) is 13.8 Å². The molecule has 0 aromatic carbocycles. The van der Waals surface area contributed by atoms with Gasteiger partial charge in [-0.05, 0) is 44.4 Å². The summed E-state index contributed by atoms with van der Waals surface area (Å²) in [5, 5.41) is 11.4. The first-order chi connectivity index (χ1) is 11.5. The van der Waals surface area contributed by atoms with Crippen molar-refractivity contribution in [3.05, 3.63) is 35.0 Å². The summed E-state index contributed by atoms with van der Waals surface area (Å²) in [6.45, 7) is 4.83. The Bertz CT molecular complexity index is 902. The largest absolute Gasteiger partial charge is 0.388 e. The predicted molar refractivity (Wildman–Crippen MR) is 97.6 cm³/mol. The minimum absolute atomic E-state index is 0.556. The molecule has 0 atom stereocenters. The normalized spacial score (nSPS) is 15.7. The van der Waals surface area contributed by atoms with Crippen molar-refractivity contribution in [1.82, 2.24) is 15.0 Å². The quantitative estimate of drug-likeness (QED) is 0.789. The Kier molecular flexibility index (Phi) is 3.54. The standard InChI is InChI=1S/C18H20N4OS/c1-11-12(2)24-17-14(11)16(22(3)10-18(23)6-7-18)20-15(21-17)13-5-4-8-19-9-13/h4-5,8-9,23H,6-7,10H2,1-3H3. The molecule has 0 unspecified atom stereocenters. The number of pyridine rings is 1. The number of hydrogen-bond donors (Lipinski definition) is 1. The number of aryl methyl sites for hydroxylation is 2. The van der Waals surface area contributed by atoms with E-state index in [1.807, 2.05) is 19.2 Å². The first-order valence-electron chi connectivity index (χ1n) is 8.08. The van der Waals surface area contributed by atoms with Gasteiger partial charge < -0.3 is 10.0 Å². The molecular weight excluding hydrogens is 320 g/mol. The Morgan fingerprint density at radius 1 is 1.29 bits per heavy atom. The first kappa shape index (κ1) is 15.5. The SMILES string of the molecule is Cc1sc2nc(-c3cccnc3)nc(N(C)CC3(O)CC3)c2c1C. The third-order valence-electron chi connectivity index (χ3n) is 4.65. The molecule has 124 valence electrons.